The highest BCUT2D eigenvalue weighted by Gasteiger charge is 2.21. The Balaban J connectivity index is 0.00000169. The zero-order valence-corrected chi connectivity index (χ0v) is 14.7. The summed E-state index contributed by atoms with van der Waals surface area (Å²) in [5.74, 6) is -0.0919. The summed E-state index contributed by atoms with van der Waals surface area (Å²) in [7, 11) is 0. The smallest absolute Gasteiger partial charge is 0.272 e. The summed E-state index contributed by atoms with van der Waals surface area (Å²) in [5.41, 5.74) is 3.91. The van der Waals surface area contributed by atoms with E-state index in [2.05, 4.69) is 50.5 Å². The second-order valence-corrected chi connectivity index (χ2v) is 6.63. The minimum Gasteiger partial charge on any atom is -0.350 e. The number of rotatable bonds is 4. The fourth-order valence-corrected chi connectivity index (χ4v) is 4.03. The van der Waals surface area contributed by atoms with E-state index < -0.39 is 0 Å². The Morgan fingerprint density at radius 3 is 3.12 bits per heavy atom. The van der Waals surface area contributed by atoms with Crippen molar-refractivity contribution in [1.82, 2.24) is 20.8 Å². The van der Waals surface area contributed by atoms with Gasteiger partial charge in [-0.1, -0.05) is 18.2 Å². The van der Waals surface area contributed by atoms with Crippen molar-refractivity contribution < 1.29 is 4.79 Å². The molecule has 0 fully saturated rings. The highest BCUT2D eigenvalue weighted by atomic mass is 35.5. The molecular formula is C17H19ClN4OS. The third-order valence-corrected chi connectivity index (χ3v) is 5.27. The van der Waals surface area contributed by atoms with Crippen molar-refractivity contribution in [2.24, 2.45) is 0 Å². The van der Waals surface area contributed by atoms with Crippen LogP contribution in [-0.2, 0) is 19.4 Å². The van der Waals surface area contributed by atoms with Gasteiger partial charge in [-0.15, -0.1) is 23.7 Å². The van der Waals surface area contributed by atoms with Crippen LogP contribution in [0.3, 0.4) is 0 Å². The van der Waals surface area contributed by atoms with E-state index in [0.717, 1.165) is 30.6 Å². The largest absolute Gasteiger partial charge is 0.350 e. The second kappa shape index (κ2) is 7.34. The van der Waals surface area contributed by atoms with Gasteiger partial charge in [-0.25, -0.2) is 0 Å². The molecule has 3 aromatic rings. The third-order valence-electron chi connectivity index (χ3n) is 4.26. The summed E-state index contributed by atoms with van der Waals surface area (Å²) >= 11 is 1.75. The predicted molar refractivity (Wildman–Crippen MR) is 99.1 cm³/mol. The second-order valence-electron chi connectivity index (χ2n) is 5.72. The van der Waals surface area contributed by atoms with E-state index in [9.17, 15) is 4.79 Å². The maximum atomic E-state index is 12.4. The molecular weight excluding hydrogens is 344 g/mol. The molecule has 126 valence electrons. The van der Waals surface area contributed by atoms with Crippen LogP contribution in [-0.4, -0.2) is 29.2 Å². The first kappa shape index (κ1) is 17.0. The van der Waals surface area contributed by atoms with Gasteiger partial charge in [0.1, 0.15) is 0 Å². The first-order valence-corrected chi connectivity index (χ1v) is 8.71. The molecule has 3 N–H and O–H groups in total. The summed E-state index contributed by atoms with van der Waals surface area (Å²) < 4.78 is 1.29. The number of fused-ring (bicyclic) bond motifs is 2. The Hall–Kier alpha value is -1.89. The van der Waals surface area contributed by atoms with Crippen LogP contribution in [0, 0.1) is 0 Å². The zero-order chi connectivity index (χ0) is 15.6. The van der Waals surface area contributed by atoms with Crippen molar-refractivity contribution in [3.8, 4) is 0 Å². The molecule has 1 aliphatic heterocycles. The molecule has 2 aromatic heterocycles. The maximum absolute atomic E-state index is 12.4. The number of nitrogens with zero attached hydrogens (tertiary/aromatic N) is 1. The topological polar surface area (TPSA) is 69.8 Å². The molecule has 1 aromatic carbocycles. The number of aromatic nitrogens is 2. The SMILES string of the molecule is Cl.O=C(NCCc1csc2ccccc12)c1n[nH]c2c1CNCC2. The molecule has 0 saturated heterocycles. The van der Waals surface area contributed by atoms with Crippen molar-refractivity contribution in [1.29, 1.82) is 0 Å². The van der Waals surface area contributed by atoms with Crippen LogP contribution in [0.1, 0.15) is 27.3 Å². The molecule has 24 heavy (non-hydrogen) atoms. The first-order chi connectivity index (χ1) is 11.3. The molecule has 0 aliphatic carbocycles. The fourth-order valence-electron chi connectivity index (χ4n) is 3.03. The fraction of sp³-hybridized carbons (Fsp3) is 0.294. The van der Waals surface area contributed by atoms with Gasteiger partial charge < -0.3 is 10.6 Å². The number of H-pyrrole nitrogens is 1. The number of hydrogen-bond donors (Lipinski definition) is 3. The molecule has 0 spiro atoms. The lowest BCUT2D eigenvalue weighted by atomic mass is 10.1. The molecule has 1 aliphatic rings. The van der Waals surface area contributed by atoms with Gasteiger partial charge in [-0.2, -0.15) is 5.10 Å². The van der Waals surface area contributed by atoms with Crippen LogP contribution in [0.5, 0.6) is 0 Å². The first-order valence-electron chi connectivity index (χ1n) is 7.83. The molecule has 3 heterocycles. The molecule has 0 radical (unpaired) electrons. The van der Waals surface area contributed by atoms with Gasteiger partial charge in [0, 0.05) is 42.0 Å². The average molecular weight is 363 g/mol. The molecule has 7 heteroatoms. The number of carbonyl (C=O) groups is 1. The number of halogens is 1. The van der Waals surface area contributed by atoms with E-state index >= 15 is 0 Å². The number of benzene rings is 1. The highest BCUT2D eigenvalue weighted by Crippen LogP contribution is 2.25. The Labute approximate surface area is 150 Å². The van der Waals surface area contributed by atoms with Crippen molar-refractivity contribution in [2.45, 2.75) is 19.4 Å². The van der Waals surface area contributed by atoms with Crippen molar-refractivity contribution in [2.75, 3.05) is 13.1 Å². The average Bonchev–Trinajstić information content (AvgIpc) is 3.19. The Morgan fingerprint density at radius 2 is 2.21 bits per heavy atom. The third kappa shape index (κ3) is 3.17. The van der Waals surface area contributed by atoms with Gasteiger partial charge in [-0.3, -0.25) is 9.89 Å². The lowest BCUT2D eigenvalue weighted by Crippen LogP contribution is -2.29. The Bertz CT molecular complexity index is 857. The number of carbonyl (C=O) groups excluding carboxylic acids is 1. The molecule has 4 rings (SSSR count). The highest BCUT2D eigenvalue weighted by molar-refractivity contribution is 7.17. The molecule has 0 bridgehead atoms. The van der Waals surface area contributed by atoms with E-state index in [1.54, 1.807) is 11.3 Å². The number of nitrogens with one attached hydrogen (secondary N) is 3. The minimum absolute atomic E-state index is 0. The Kier molecular flexibility index (Phi) is 5.18. The number of aromatic amines is 1. The van der Waals surface area contributed by atoms with Gasteiger partial charge in [0.15, 0.2) is 5.69 Å². The van der Waals surface area contributed by atoms with Gasteiger partial charge in [-0.05, 0) is 28.8 Å². The summed E-state index contributed by atoms with van der Waals surface area (Å²) in [6, 6.07) is 8.38. The van der Waals surface area contributed by atoms with Gasteiger partial charge >= 0.3 is 0 Å². The quantitative estimate of drug-likeness (QED) is 0.668. The standard InChI is InChI=1S/C17H18N4OS.ClH/c22-17(16-13-9-18-7-6-14(13)20-21-16)19-8-5-11-10-23-15-4-2-1-3-12(11)15;/h1-4,10,18H,5-9H2,(H,19,22)(H,20,21);1H. The van der Waals surface area contributed by atoms with E-state index in [0.29, 0.717) is 18.8 Å². The Morgan fingerprint density at radius 1 is 1.33 bits per heavy atom. The monoisotopic (exact) mass is 362 g/mol. The summed E-state index contributed by atoms with van der Waals surface area (Å²) in [4.78, 5) is 12.4. The summed E-state index contributed by atoms with van der Waals surface area (Å²) in [5, 5.41) is 16.9. The van der Waals surface area contributed by atoms with Crippen LogP contribution in [0.25, 0.3) is 10.1 Å². The van der Waals surface area contributed by atoms with E-state index in [1.807, 2.05) is 0 Å². The van der Waals surface area contributed by atoms with Gasteiger partial charge in [0.2, 0.25) is 0 Å². The maximum Gasteiger partial charge on any atom is 0.272 e. The van der Waals surface area contributed by atoms with Crippen molar-refractivity contribution in [3.05, 3.63) is 52.2 Å². The van der Waals surface area contributed by atoms with Crippen LogP contribution < -0.4 is 10.6 Å². The van der Waals surface area contributed by atoms with Crippen LogP contribution in [0.2, 0.25) is 0 Å². The molecule has 0 atom stereocenters. The lowest BCUT2D eigenvalue weighted by molar-refractivity contribution is 0.0948. The molecule has 0 saturated carbocycles. The van der Waals surface area contributed by atoms with Crippen molar-refractivity contribution in [3.63, 3.8) is 0 Å². The van der Waals surface area contributed by atoms with E-state index in [4.69, 9.17) is 0 Å². The van der Waals surface area contributed by atoms with Crippen LogP contribution >= 0.6 is 23.7 Å². The number of amides is 1. The molecule has 1 amide bonds. The van der Waals surface area contributed by atoms with Gasteiger partial charge in [0.25, 0.3) is 5.91 Å². The summed E-state index contributed by atoms with van der Waals surface area (Å²) in [6.45, 7) is 2.26. The van der Waals surface area contributed by atoms with Gasteiger partial charge in [0.05, 0.1) is 0 Å². The number of thiophene rings is 1. The van der Waals surface area contributed by atoms with Crippen molar-refractivity contribution >= 4 is 39.7 Å². The van der Waals surface area contributed by atoms with E-state index in [-0.39, 0.29) is 18.3 Å². The zero-order valence-electron chi connectivity index (χ0n) is 13.1. The summed E-state index contributed by atoms with van der Waals surface area (Å²) in [6.07, 6.45) is 1.73. The molecule has 5 nitrogen and oxygen atoms in total. The molecule has 0 unspecified atom stereocenters. The predicted octanol–water partition coefficient (Wildman–Crippen LogP) is 2.66. The minimum atomic E-state index is -0.0919. The van der Waals surface area contributed by atoms with Crippen LogP contribution in [0.15, 0.2) is 29.6 Å². The van der Waals surface area contributed by atoms with Crippen LogP contribution in [0.4, 0.5) is 0 Å². The lowest BCUT2D eigenvalue weighted by Gasteiger charge is -2.12. The van der Waals surface area contributed by atoms with E-state index in [1.165, 1.54) is 15.6 Å². The normalized spacial score (nSPS) is 13.3. The number of hydrogen-bond acceptors (Lipinski definition) is 4.